The zero-order chi connectivity index (χ0) is 18.2. The van der Waals surface area contributed by atoms with E-state index < -0.39 is 0 Å². The predicted octanol–water partition coefficient (Wildman–Crippen LogP) is 2.64. The number of carbonyl (C=O) groups excluding carboxylic acids is 2. The van der Waals surface area contributed by atoms with E-state index in [0.29, 0.717) is 17.4 Å². The van der Waals surface area contributed by atoms with Gasteiger partial charge in [0.25, 0.3) is 0 Å². The average Bonchev–Trinajstić information content (AvgIpc) is 2.62. The third kappa shape index (κ3) is 6.30. The Morgan fingerprint density at radius 2 is 2.08 bits per heavy atom. The van der Waals surface area contributed by atoms with E-state index in [0.717, 1.165) is 44.3 Å². The number of nitrogens with one attached hydrogen (secondary N) is 1. The molecule has 4 N–H and O–H groups in total. The van der Waals surface area contributed by atoms with Crippen LogP contribution in [0.2, 0.25) is 5.02 Å². The highest BCUT2D eigenvalue weighted by Crippen LogP contribution is 2.25. The largest absolute Gasteiger partial charge is 0.343 e. The molecule has 0 saturated carbocycles. The highest BCUT2D eigenvalue weighted by atomic mass is 35.5. The maximum Gasteiger partial charge on any atom is 0.243 e. The Bertz CT molecular complexity index is 589. The van der Waals surface area contributed by atoms with Crippen molar-refractivity contribution in [3.05, 3.63) is 34.9 Å². The first-order valence-electron chi connectivity index (χ1n) is 8.71. The number of amides is 2. The second-order valence-electron chi connectivity index (χ2n) is 6.62. The van der Waals surface area contributed by atoms with Gasteiger partial charge in [0.15, 0.2) is 0 Å². The van der Waals surface area contributed by atoms with Crippen molar-refractivity contribution < 1.29 is 14.8 Å². The first-order valence-corrected chi connectivity index (χ1v) is 9.09. The Balaban J connectivity index is 1.73. The Labute approximate surface area is 153 Å². The van der Waals surface area contributed by atoms with Crippen LogP contribution in [0.1, 0.15) is 50.1 Å². The molecular formula is C18H26ClN3O3. The van der Waals surface area contributed by atoms with Crippen molar-refractivity contribution in [3.63, 3.8) is 0 Å². The maximum absolute atomic E-state index is 12.4. The lowest BCUT2D eigenvalue weighted by atomic mass is 9.91. The first-order chi connectivity index (χ1) is 12.0. The minimum Gasteiger partial charge on any atom is -0.343 e. The molecule has 2 rings (SSSR count). The van der Waals surface area contributed by atoms with Crippen molar-refractivity contribution >= 4 is 23.4 Å². The topological polar surface area (TPSA) is 95.7 Å². The van der Waals surface area contributed by atoms with Crippen LogP contribution in [0.25, 0.3) is 0 Å². The quantitative estimate of drug-likeness (QED) is 0.510. The molecule has 1 atom stereocenters. The van der Waals surface area contributed by atoms with Gasteiger partial charge in [-0.1, -0.05) is 23.7 Å². The summed E-state index contributed by atoms with van der Waals surface area (Å²) in [5, 5.41) is 9.10. The first kappa shape index (κ1) is 19.7. The van der Waals surface area contributed by atoms with Crippen LogP contribution < -0.4 is 11.2 Å². The number of nitrogens with zero attached hydrogens (tertiary/aromatic N) is 1. The molecule has 0 radical (unpaired) electrons. The van der Waals surface area contributed by atoms with Crippen LogP contribution in [0, 0.1) is 5.92 Å². The van der Waals surface area contributed by atoms with Gasteiger partial charge in [0.2, 0.25) is 11.8 Å². The third-order valence-electron chi connectivity index (χ3n) is 4.78. The van der Waals surface area contributed by atoms with Crippen molar-refractivity contribution in [2.75, 3.05) is 13.1 Å². The van der Waals surface area contributed by atoms with Crippen molar-refractivity contribution in [1.29, 1.82) is 0 Å². The van der Waals surface area contributed by atoms with Gasteiger partial charge in [-0.25, -0.2) is 5.48 Å². The van der Waals surface area contributed by atoms with Gasteiger partial charge in [-0.05, 0) is 49.3 Å². The fraction of sp³-hybridized carbons (Fsp3) is 0.556. The highest BCUT2D eigenvalue weighted by Gasteiger charge is 2.24. The molecule has 0 bridgehead atoms. The molecular weight excluding hydrogens is 342 g/mol. The van der Waals surface area contributed by atoms with E-state index in [2.05, 4.69) is 0 Å². The standard InChI is InChI=1S/C18H26ClN3O3/c19-15-5-2-4-14(11-15)16(20)12-18(24)22-9-7-13(8-10-22)3-1-6-17(23)21-25/h2,4-5,11,13,16,25H,1,3,6-10,12,20H2,(H,21,23). The van der Waals surface area contributed by atoms with Gasteiger partial charge in [-0.15, -0.1) is 0 Å². The van der Waals surface area contributed by atoms with Crippen LogP contribution in [0.4, 0.5) is 0 Å². The summed E-state index contributed by atoms with van der Waals surface area (Å²) in [6, 6.07) is 6.97. The van der Waals surface area contributed by atoms with Gasteiger partial charge in [0, 0.05) is 37.0 Å². The number of carbonyl (C=O) groups is 2. The summed E-state index contributed by atoms with van der Waals surface area (Å²) < 4.78 is 0. The number of halogens is 1. The number of hydrogen-bond donors (Lipinski definition) is 3. The Kier molecular flexibility index (Phi) is 7.68. The van der Waals surface area contributed by atoms with Crippen molar-refractivity contribution in [2.24, 2.45) is 11.7 Å². The molecule has 1 aromatic carbocycles. The summed E-state index contributed by atoms with van der Waals surface area (Å²) in [4.78, 5) is 25.3. The van der Waals surface area contributed by atoms with Crippen LogP contribution in [0.3, 0.4) is 0 Å². The van der Waals surface area contributed by atoms with Gasteiger partial charge in [0.05, 0.1) is 0 Å². The Morgan fingerprint density at radius 1 is 1.36 bits per heavy atom. The van der Waals surface area contributed by atoms with Crippen LogP contribution >= 0.6 is 11.6 Å². The summed E-state index contributed by atoms with van der Waals surface area (Å²) in [7, 11) is 0. The van der Waals surface area contributed by atoms with E-state index in [1.807, 2.05) is 17.0 Å². The lowest BCUT2D eigenvalue weighted by molar-refractivity contribution is -0.133. The minimum absolute atomic E-state index is 0.0746. The average molecular weight is 368 g/mol. The van der Waals surface area contributed by atoms with Crippen LogP contribution in [0.15, 0.2) is 24.3 Å². The molecule has 6 nitrogen and oxygen atoms in total. The third-order valence-corrected chi connectivity index (χ3v) is 5.01. The van der Waals surface area contributed by atoms with Crippen molar-refractivity contribution in [1.82, 2.24) is 10.4 Å². The van der Waals surface area contributed by atoms with E-state index in [9.17, 15) is 9.59 Å². The summed E-state index contributed by atoms with van der Waals surface area (Å²) in [5.41, 5.74) is 8.66. The predicted molar refractivity (Wildman–Crippen MR) is 96.1 cm³/mol. The Hall–Kier alpha value is -1.63. The minimum atomic E-state index is -0.346. The number of likely N-dealkylation sites (tertiary alicyclic amines) is 1. The van der Waals surface area contributed by atoms with Crippen molar-refractivity contribution in [2.45, 2.75) is 44.6 Å². The number of benzene rings is 1. The van der Waals surface area contributed by atoms with Crippen LogP contribution in [0.5, 0.6) is 0 Å². The molecule has 2 amide bonds. The summed E-state index contributed by atoms with van der Waals surface area (Å²) >= 11 is 5.97. The van der Waals surface area contributed by atoms with E-state index in [1.165, 1.54) is 0 Å². The Morgan fingerprint density at radius 3 is 2.72 bits per heavy atom. The van der Waals surface area contributed by atoms with Gasteiger partial charge in [0.1, 0.15) is 0 Å². The SMILES string of the molecule is NC(CC(=O)N1CCC(CCCC(=O)NO)CC1)c1cccc(Cl)c1. The number of hydrogen-bond acceptors (Lipinski definition) is 4. The maximum atomic E-state index is 12.4. The van der Waals surface area contributed by atoms with E-state index in [1.54, 1.807) is 17.6 Å². The monoisotopic (exact) mass is 367 g/mol. The molecule has 0 spiro atoms. The van der Waals surface area contributed by atoms with Gasteiger partial charge in [-0.2, -0.15) is 0 Å². The van der Waals surface area contributed by atoms with Crippen LogP contribution in [-0.4, -0.2) is 35.0 Å². The molecule has 1 heterocycles. The fourth-order valence-electron chi connectivity index (χ4n) is 3.25. The van der Waals surface area contributed by atoms with Gasteiger partial charge in [-0.3, -0.25) is 14.8 Å². The highest BCUT2D eigenvalue weighted by molar-refractivity contribution is 6.30. The van der Waals surface area contributed by atoms with E-state index >= 15 is 0 Å². The van der Waals surface area contributed by atoms with Gasteiger partial charge < -0.3 is 10.6 Å². The number of hydroxylamine groups is 1. The summed E-state index contributed by atoms with van der Waals surface area (Å²) in [6.45, 7) is 1.47. The summed E-state index contributed by atoms with van der Waals surface area (Å²) in [6.07, 6.45) is 4.20. The number of nitrogens with two attached hydrogens (primary N) is 1. The molecule has 0 aliphatic carbocycles. The van der Waals surface area contributed by atoms with E-state index in [4.69, 9.17) is 22.5 Å². The molecule has 138 valence electrons. The molecule has 7 heteroatoms. The molecule has 25 heavy (non-hydrogen) atoms. The summed E-state index contributed by atoms with van der Waals surface area (Å²) in [5.74, 6) is 0.255. The molecule has 1 aliphatic rings. The van der Waals surface area contributed by atoms with E-state index in [-0.39, 0.29) is 24.3 Å². The molecule has 1 fully saturated rings. The van der Waals surface area contributed by atoms with Crippen LogP contribution in [-0.2, 0) is 9.59 Å². The smallest absolute Gasteiger partial charge is 0.243 e. The second-order valence-corrected chi connectivity index (χ2v) is 7.05. The molecule has 1 saturated heterocycles. The lowest BCUT2D eigenvalue weighted by Crippen LogP contribution is -2.39. The zero-order valence-electron chi connectivity index (χ0n) is 14.3. The number of piperidine rings is 1. The second kappa shape index (κ2) is 9.75. The molecule has 0 aromatic heterocycles. The lowest BCUT2D eigenvalue weighted by Gasteiger charge is -2.32. The zero-order valence-corrected chi connectivity index (χ0v) is 15.0. The fourth-order valence-corrected chi connectivity index (χ4v) is 3.45. The normalized spacial score (nSPS) is 16.5. The number of rotatable bonds is 7. The molecule has 1 aliphatic heterocycles. The molecule has 1 aromatic rings. The van der Waals surface area contributed by atoms with Crippen molar-refractivity contribution in [3.8, 4) is 0 Å². The van der Waals surface area contributed by atoms with Gasteiger partial charge >= 0.3 is 0 Å². The molecule has 1 unspecified atom stereocenters.